The van der Waals surface area contributed by atoms with Crippen LogP contribution in [0.4, 0.5) is 0 Å². The summed E-state index contributed by atoms with van der Waals surface area (Å²) in [4.78, 5) is 12.5. The van der Waals surface area contributed by atoms with Gasteiger partial charge in [0.05, 0.1) is 11.4 Å². The van der Waals surface area contributed by atoms with Crippen molar-refractivity contribution in [3.63, 3.8) is 0 Å². The lowest BCUT2D eigenvalue weighted by atomic mass is 10.0. The van der Waals surface area contributed by atoms with Crippen LogP contribution >= 0.6 is 0 Å². The molecule has 1 saturated heterocycles. The van der Waals surface area contributed by atoms with Crippen LogP contribution < -0.4 is 0 Å². The number of aryl methyl sites for hydroxylation is 1. The van der Waals surface area contributed by atoms with Crippen LogP contribution in [-0.4, -0.2) is 41.5 Å². The average Bonchev–Trinajstić information content (AvgIpc) is 3.24. The molecule has 2 heterocycles. The van der Waals surface area contributed by atoms with Crippen LogP contribution in [0.5, 0.6) is 0 Å². The van der Waals surface area contributed by atoms with Crippen LogP contribution in [0.25, 0.3) is 0 Å². The summed E-state index contributed by atoms with van der Waals surface area (Å²) in [5.74, 6) is 0.506. The SMILES string of the molecule is Cc1nn(C(=O)C2CC2)c(C)c1S(=O)(=O)N1CCC(C)CC1. The topological polar surface area (TPSA) is 72.3 Å². The second-order valence-electron chi connectivity index (χ2n) is 6.61. The fourth-order valence-electron chi connectivity index (χ4n) is 3.07. The van der Waals surface area contributed by atoms with Gasteiger partial charge in [0.15, 0.2) is 0 Å². The average molecular weight is 325 g/mol. The molecular formula is C15H23N3O3S. The van der Waals surface area contributed by atoms with E-state index in [9.17, 15) is 13.2 Å². The van der Waals surface area contributed by atoms with E-state index in [1.165, 1.54) is 8.99 Å². The normalized spacial score (nSPS) is 21.2. The van der Waals surface area contributed by atoms with E-state index in [0.29, 0.717) is 30.4 Å². The molecule has 1 saturated carbocycles. The molecule has 0 unspecified atom stereocenters. The van der Waals surface area contributed by atoms with Crippen LogP contribution in [0.15, 0.2) is 4.90 Å². The van der Waals surface area contributed by atoms with Crippen molar-refractivity contribution in [1.82, 2.24) is 14.1 Å². The van der Waals surface area contributed by atoms with E-state index in [1.807, 2.05) is 0 Å². The zero-order chi connectivity index (χ0) is 16.1. The molecule has 0 atom stereocenters. The molecule has 0 bridgehead atoms. The molecular weight excluding hydrogens is 302 g/mol. The molecule has 122 valence electrons. The molecule has 0 spiro atoms. The maximum Gasteiger partial charge on any atom is 0.250 e. The van der Waals surface area contributed by atoms with Gasteiger partial charge in [0.2, 0.25) is 15.9 Å². The molecule has 1 aromatic heterocycles. The van der Waals surface area contributed by atoms with Gasteiger partial charge in [-0.15, -0.1) is 0 Å². The van der Waals surface area contributed by atoms with Gasteiger partial charge in [-0.1, -0.05) is 6.92 Å². The molecule has 0 radical (unpaired) electrons. The van der Waals surface area contributed by atoms with Crippen LogP contribution in [-0.2, 0) is 10.0 Å². The third-order valence-electron chi connectivity index (χ3n) is 4.70. The fourth-order valence-corrected chi connectivity index (χ4v) is 4.90. The molecule has 0 amide bonds. The van der Waals surface area contributed by atoms with Crippen molar-refractivity contribution in [2.45, 2.75) is 51.3 Å². The van der Waals surface area contributed by atoms with E-state index in [1.54, 1.807) is 13.8 Å². The first-order valence-corrected chi connectivity index (χ1v) is 9.37. The Morgan fingerprint density at radius 1 is 1.14 bits per heavy atom. The van der Waals surface area contributed by atoms with Crippen molar-refractivity contribution in [3.05, 3.63) is 11.4 Å². The molecule has 7 heteroatoms. The van der Waals surface area contributed by atoms with Gasteiger partial charge in [-0.05, 0) is 45.4 Å². The van der Waals surface area contributed by atoms with E-state index in [0.717, 1.165) is 25.7 Å². The number of carbonyl (C=O) groups is 1. The van der Waals surface area contributed by atoms with Crippen molar-refractivity contribution in [2.75, 3.05) is 13.1 Å². The Balaban J connectivity index is 1.95. The maximum atomic E-state index is 12.9. The minimum absolute atomic E-state index is 0.0180. The van der Waals surface area contributed by atoms with Gasteiger partial charge < -0.3 is 0 Å². The largest absolute Gasteiger partial charge is 0.272 e. The van der Waals surface area contributed by atoms with Crippen LogP contribution in [0.2, 0.25) is 0 Å². The lowest BCUT2D eigenvalue weighted by Crippen LogP contribution is -2.38. The zero-order valence-electron chi connectivity index (χ0n) is 13.4. The first kappa shape index (κ1) is 15.7. The third kappa shape index (κ3) is 2.60. The Morgan fingerprint density at radius 2 is 1.73 bits per heavy atom. The zero-order valence-corrected chi connectivity index (χ0v) is 14.2. The number of hydrogen-bond acceptors (Lipinski definition) is 4. The number of aromatic nitrogens is 2. The first-order chi connectivity index (χ1) is 10.3. The smallest absolute Gasteiger partial charge is 0.250 e. The highest BCUT2D eigenvalue weighted by molar-refractivity contribution is 7.89. The first-order valence-electron chi connectivity index (χ1n) is 7.93. The lowest BCUT2D eigenvalue weighted by Gasteiger charge is -2.29. The van der Waals surface area contributed by atoms with Gasteiger partial charge in [-0.25, -0.2) is 13.1 Å². The molecule has 2 aliphatic rings. The molecule has 1 aliphatic heterocycles. The molecule has 22 heavy (non-hydrogen) atoms. The Labute approximate surface area is 131 Å². The number of piperidine rings is 1. The van der Waals surface area contributed by atoms with Gasteiger partial charge in [0.1, 0.15) is 4.90 Å². The summed E-state index contributed by atoms with van der Waals surface area (Å²) >= 11 is 0. The Kier molecular flexibility index (Phi) is 3.89. The van der Waals surface area contributed by atoms with Gasteiger partial charge in [-0.3, -0.25) is 4.79 Å². The lowest BCUT2D eigenvalue weighted by molar-refractivity contribution is 0.0866. The Bertz CT molecular complexity index is 696. The summed E-state index contributed by atoms with van der Waals surface area (Å²) < 4.78 is 28.7. The highest BCUT2D eigenvalue weighted by Gasteiger charge is 2.37. The van der Waals surface area contributed by atoms with Crippen molar-refractivity contribution < 1.29 is 13.2 Å². The maximum absolute atomic E-state index is 12.9. The van der Waals surface area contributed by atoms with Gasteiger partial charge in [0, 0.05) is 19.0 Å². The van der Waals surface area contributed by atoms with E-state index >= 15 is 0 Å². The molecule has 2 fully saturated rings. The monoisotopic (exact) mass is 325 g/mol. The molecule has 3 rings (SSSR count). The van der Waals surface area contributed by atoms with E-state index < -0.39 is 10.0 Å². The molecule has 1 aliphatic carbocycles. The van der Waals surface area contributed by atoms with Gasteiger partial charge in [0.25, 0.3) is 0 Å². The summed E-state index contributed by atoms with van der Waals surface area (Å²) in [5, 5.41) is 4.21. The van der Waals surface area contributed by atoms with Crippen molar-refractivity contribution >= 4 is 15.9 Å². The van der Waals surface area contributed by atoms with Crippen LogP contribution in [0.1, 0.15) is 48.8 Å². The standard InChI is InChI=1S/C15H23N3O3S/c1-10-6-8-17(9-7-10)22(20,21)14-11(2)16-18(12(14)3)15(19)13-4-5-13/h10,13H,4-9H2,1-3H3. The second kappa shape index (κ2) is 5.45. The summed E-state index contributed by atoms with van der Waals surface area (Å²) in [7, 11) is -3.57. The van der Waals surface area contributed by atoms with Crippen LogP contribution in [0, 0.1) is 25.7 Å². The van der Waals surface area contributed by atoms with Crippen molar-refractivity contribution in [2.24, 2.45) is 11.8 Å². The van der Waals surface area contributed by atoms with Gasteiger partial charge >= 0.3 is 0 Å². The summed E-state index contributed by atoms with van der Waals surface area (Å²) in [6.45, 7) is 6.59. The Morgan fingerprint density at radius 3 is 2.27 bits per heavy atom. The summed E-state index contributed by atoms with van der Waals surface area (Å²) in [5.41, 5.74) is 0.873. The van der Waals surface area contributed by atoms with Gasteiger partial charge in [-0.2, -0.15) is 9.40 Å². The molecule has 1 aromatic rings. The van der Waals surface area contributed by atoms with E-state index in [-0.39, 0.29) is 16.7 Å². The van der Waals surface area contributed by atoms with E-state index in [4.69, 9.17) is 0 Å². The summed E-state index contributed by atoms with van der Waals surface area (Å²) in [6, 6.07) is 0. The predicted molar refractivity (Wildman–Crippen MR) is 82.2 cm³/mol. The minimum atomic E-state index is -3.57. The minimum Gasteiger partial charge on any atom is -0.272 e. The number of nitrogens with zero attached hydrogens (tertiary/aromatic N) is 3. The summed E-state index contributed by atoms with van der Waals surface area (Å²) in [6.07, 6.45) is 3.52. The number of hydrogen-bond donors (Lipinski definition) is 0. The third-order valence-corrected chi connectivity index (χ3v) is 6.85. The number of carbonyl (C=O) groups excluding carboxylic acids is 1. The van der Waals surface area contributed by atoms with Crippen molar-refractivity contribution in [1.29, 1.82) is 0 Å². The quantitative estimate of drug-likeness (QED) is 0.852. The second-order valence-corrected chi connectivity index (χ2v) is 8.49. The highest BCUT2D eigenvalue weighted by atomic mass is 32.2. The number of sulfonamides is 1. The Hall–Kier alpha value is -1.21. The highest BCUT2D eigenvalue weighted by Crippen LogP contribution is 2.33. The number of rotatable bonds is 3. The fraction of sp³-hybridized carbons (Fsp3) is 0.733. The van der Waals surface area contributed by atoms with Crippen molar-refractivity contribution in [3.8, 4) is 0 Å². The molecule has 0 aromatic carbocycles. The molecule has 6 nitrogen and oxygen atoms in total. The van der Waals surface area contributed by atoms with E-state index in [2.05, 4.69) is 12.0 Å². The molecule has 0 N–H and O–H groups in total. The van der Waals surface area contributed by atoms with Crippen LogP contribution in [0.3, 0.4) is 0 Å². The predicted octanol–water partition coefficient (Wildman–Crippen LogP) is 1.97.